The maximum atomic E-state index is 12.3. The standard InChI is InChI=1S/C17H29NO3/c1-10(2)17(4,16(20)21)9-15(19)18-11(3)14-8-12-5-6-13(14)7-12/h10-14H,5-9H2,1-4H3,(H,18,19)(H,20,21). The van der Waals surface area contributed by atoms with Crippen LogP contribution in [0.5, 0.6) is 0 Å². The highest BCUT2D eigenvalue weighted by Gasteiger charge is 2.43. The predicted octanol–water partition coefficient (Wildman–Crippen LogP) is 3.06. The number of fused-ring (bicyclic) bond motifs is 2. The maximum absolute atomic E-state index is 12.3. The zero-order chi connectivity index (χ0) is 15.8. The fraction of sp³-hybridized carbons (Fsp3) is 0.882. The Balaban J connectivity index is 1.90. The van der Waals surface area contributed by atoms with Gasteiger partial charge >= 0.3 is 5.97 Å². The van der Waals surface area contributed by atoms with Crippen LogP contribution in [-0.4, -0.2) is 23.0 Å². The summed E-state index contributed by atoms with van der Waals surface area (Å²) < 4.78 is 0. The molecule has 2 rings (SSSR count). The van der Waals surface area contributed by atoms with E-state index in [0.29, 0.717) is 5.92 Å². The molecule has 1 amide bonds. The number of carbonyl (C=O) groups excluding carboxylic acids is 1. The van der Waals surface area contributed by atoms with Crippen LogP contribution in [-0.2, 0) is 9.59 Å². The summed E-state index contributed by atoms with van der Waals surface area (Å²) in [5.41, 5.74) is -0.988. The lowest BCUT2D eigenvalue weighted by Crippen LogP contribution is -2.44. The van der Waals surface area contributed by atoms with Crippen LogP contribution < -0.4 is 5.32 Å². The van der Waals surface area contributed by atoms with Crippen molar-refractivity contribution in [2.45, 2.75) is 65.8 Å². The van der Waals surface area contributed by atoms with E-state index in [4.69, 9.17) is 0 Å². The fourth-order valence-corrected chi connectivity index (χ4v) is 4.18. The SMILES string of the molecule is CC(NC(=O)CC(C)(C(=O)O)C(C)C)C1CC2CCC1C2. The summed E-state index contributed by atoms with van der Waals surface area (Å²) in [4.78, 5) is 23.7. The van der Waals surface area contributed by atoms with Crippen molar-refractivity contribution in [3.8, 4) is 0 Å². The average Bonchev–Trinajstić information content (AvgIpc) is 2.99. The van der Waals surface area contributed by atoms with Crippen molar-refractivity contribution in [3.63, 3.8) is 0 Å². The number of hydrogen-bond donors (Lipinski definition) is 2. The highest BCUT2D eigenvalue weighted by atomic mass is 16.4. The molecule has 21 heavy (non-hydrogen) atoms. The number of nitrogens with one attached hydrogen (secondary N) is 1. The first kappa shape index (κ1) is 16.3. The summed E-state index contributed by atoms with van der Waals surface area (Å²) in [6.45, 7) is 7.47. The van der Waals surface area contributed by atoms with Crippen LogP contribution in [0.25, 0.3) is 0 Å². The third-order valence-electron chi connectivity index (χ3n) is 6.11. The Labute approximate surface area is 127 Å². The minimum absolute atomic E-state index is 0.0607. The zero-order valence-electron chi connectivity index (χ0n) is 13.7. The molecule has 2 fully saturated rings. The third-order valence-corrected chi connectivity index (χ3v) is 6.11. The smallest absolute Gasteiger partial charge is 0.310 e. The van der Waals surface area contributed by atoms with E-state index in [-0.39, 0.29) is 24.3 Å². The lowest BCUT2D eigenvalue weighted by Gasteiger charge is -2.31. The molecule has 4 nitrogen and oxygen atoms in total. The monoisotopic (exact) mass is 295 g/mol. The van der Waals surface area contributed by atoms with Crippen molar-refractivity contribution in [2.75, 3.05) is 0 Å². The first-order chi connectivity index (χ1) is 9.74. The van der Waals surface area contributed by atoms with Gasteiger partial charge in [0, 0.05) is 12.5 Å². The summed E-state index contributed by atoms with van der Waals surface area (Å²) in [5, 5.41) is 12.5. The number of carboxylic acids is 1. The summed E-state index contributed by atoms with van der Waals surface area (Å²) >= 11 is 0. The van der Waals surface area contributed by atoms with Crippen LogP contribution in [0.3, 0.4) is 0 Å². The summed E-state index contributed by atoms with van der Waals surface area (Å²) in [6, 6.07) is 0.165. The van der Waals surface area contributed by atoms with Crippen molar-refractivity contribution in [2.24, 2.45) is 29.1 Å². The molecule has 120 valence electrons. The lowest BCUT2D eigenvalue weighted by molar-refractivity contribution is -0.153. The van der Waals surface area contributed by atoms with Crippen LogP contribution in [0.15, 0.2) is 0 Å². The molecular formula is C17H29NO3. The van der Waals surface area contributed by atoms with Gasteiger partial charge in [-0.1, -0.05) is 20.3 Å². The normalized spacial score (nSPS) is 32.0. The minimum atomic E-state index is -0.988. The van der Waals surface area contributed by atoms with E-state index in [1.807, 2.05) is 13.8 Å². The molecule has 0 aromatic carbocycles. The predicted molar refractivity (Wildman–Crippen MR) is 81.7 cm³/mol. The van der Waals surface area contributed by atoms with Crippen molar-refractivity contribution in [1.29, 1.82) is 0 Å². The van der Waals surface area contributed by atoms with Gasteiger partial charge in [0.25, 0.3) is 0 Å². The molecule has 0 saturated heterocycles. The topological polar surface area (TPSA) is 66.4 Å². The van der Waals surface area contributed by atoms with Crippen LogP contribution in [0, 0.1) is 29.1 Å². The second kappa shape index (κ2) is 5.98. The Hall–Kier alpha value is -1.06. The third kappa shape index (κ3) is 3.24. The van der Waals surface area contributed by atoms with Crippen LogP contribution >= 0.6 is 0 Å². The van der Waals surface area contributed by atoms with E-state index in [9.17, 15) is 14.7 Å². The van der Waals surface area contributed by atoms with Gasteiger partial charge in [-0.2, -0.15) is 0 Å². The van der Waals surface area contributed by atoms with Gasteiger partial charge in [0.1, 0.15) is 0 Å². The summed E-state index contributed by atoms with van der Waals surface area (Å²) in [5.74, 6) is 1.13. The van der Waals surface area contributed by atoms with Crippen molar-refractivity contribution in [3.05, 3.63) is 0 Å². The molecule has 0 heterocycles. The molecule has 2 saturated carbocycles. The molecular weight excluding hydrogens is 266 g/mol. The van der Waals surface area contributed by atoms with Gasteiger partial charge in [-0.25, -0.2) is 0 Å². The van der Waals surface area contributed by atoms with Crippen molar-refractivity contribution in [1.82, 2.24) is 5.32 Å². The number of carbonyl (C=O) groups is 2. The van der Waals surface area contributed by atoms with Crippen molar-refractivity contribution >= 4 is 11.9 Å². The number of aliphatic carboxylic acids is 1. The Kier molecular flexibility index (Phi) is 4.64. The van der Waals surface area contributed by atoms with Gasteiger partial charge in [0.2, 0.25) is 5.91 Å². The second-order valence-electron chi connectivity index (χ2n) is 7.75. The maximum Gasteiger partial charge on any atom is 0.310 e. The Morgan fingerprint density at radius 1 is 1.24 bits per heavy atom. The quantitative estimate of drug-likeness (QED) is 0.791. The molecule has 0 aromatic heterocycles. The van der Waals surface area contributed by atoms with E-state index in [2.05, 4.69) is 12.2 Å². The van der Waals surface area contributed by atoms with E-state index >= 15 is 0 Å². The molecule has 5 atom stereocenters. The van der Waals surface area contributed by atoms with Gasteiger partial charge < -0.3 is 10.4 Å². The van der Waals surface area contributed by atoms with Gasteiger partial charge in [0.05, 0.1) is 5.41 Å². The van der Waals surface area contributed by atoms with E-state index < -0.39 is 11.4 Å². The Morgan fingerprint density at radius 2 is 1.90 bits per heavy atom. The number of carboxylic acid groups (broad SMARTS) is 1. The van der Waals surface area contributed by atoms with Crippen LogP contribution in [0.2, 0.25) is 0 Å². The van der Waals surface area contributed by atoms with Gasteiger partial charge in [-0.15, -0.1) is 0 Å². The highest BCUT2D eigenvalue weighted by Crippen LogP contribution is 2.49. The van der Waals surface area contributed by atoms with Crippen LogP contribution in [0.4, 0.5) is 0 Å². The lowest BCUT2D eigenvalue weighted by atomic mass is 9.76. The molecule has 0 radical (unpaired) electrons. The minimum Gasteiger partial charge on any atom is -0.481 e. The first-order valence-corrected chi connectivity index (χ1v) is 8.26. The Bertz CT molecular complexity index is 420. The van der Waals surface area contributed by atoms with E-state index in [1.54, 1.807) is 6.92 Å². The largest absolute Gasteiger partial charge is 0.481 e. The van der Waals surface area contributed by atoms with Gasteiger partial charge in [0.15, 0.2) is 0 Å². The second-order valence-corrected chi connectivity index (χ2v) is 7.75. The number of amides is 1. The molecule has 2 N–H and O–H groups in total. The highest BCUT2D eigenvalue weighted by molar-refractivity contribution is 5.85. The van der Waals surface area contributed by atoms with E-state index in [1.165, 1.54) is 25.7 Å². The number of hydrogen-bond acceptors (Lipinski definition) is 2. The molecule has 2 aliphatic carbocycles. The molecule has 2 aliphatic rings. The molecule has 0 spiro atoms. The molecule has 0 aromatic rings. The van der Waals surface area contributed by atoms with Gasteiger partial charge in [-0.05, 0) is 56.8 Å². The van der Waals surface area contributed by atoms with Crippen LogP contribution in [0.1, 0.15) is 59.8 Å². The van der Waals surface area contributed by atoms with Crippen molar-refractivity contribution < 1.29 is 14.7 Å². The summed E-state index contributed by atoms with van der Waals surface area (Å²) in [7, 11) is 0. The first-order valence-electron chi connectivity index (χ1n) is 8.26. The fourth-order valence-electron chi connectivity index (χ4n) is 4.18. The number of rotatable bonds is 6. The van der Waals surface area contributed by atoms with E-state index in [0.717, 1.165) is 11.8 Å². The molecule has 4 heteroatoms. The summed E-state index contributed by atoms with van der Waals surface area (Å²) in [6.07, 6.45) is 5.27. The Morgan fingerprint density at radius 3 is 2.33 bits per heavy atom. The average molecular weight is 295 g/mol. The molecule has 0 aliphatic heterocycles. The molecule has 5 unspecified atom stereocenters. The van der Waals surface area contributed by atoms with Gasteiger partial charge in [-0.3, -0.25) is 9.59 Å². The zero-order valence-corrected chi connectivity index (χ0v) is 13.7. The molecule has 2 bridgehead atoms.